The highest BCUT2D eigenvalue weighted by Crippen LogP contribution is 2.33. The highest BCUT2D eigenvalue weighted by atomic mass is 16.5. The van der Waals surface area contributed by atoms with Crippen LogP contribution in [-0.4, -0.2) is 31.6 Å². The number of hydrogen-bond donors (Lipinski definition) is 1. The number of esters is 1. The number of nitrogens with one attached hydrogen (secondary N) is 1. The molecule has 1 aliphatic heterocycles. The minimum atomic E-state index is -0.501. The number of rotatable bonds is 5. The minimum Gasteiger partial charge on any atom is -0.468 e. The summed E-state index contributed by atoms with van der Waals surface area (Å²) >= 11 is 0. The second kappa shape index (κ2) is 6.78. The van der Waals surface area contributed by atoms with Crippen LogP contribution >= 0.6 is 0 Å². The van der Waals surface area contributed by atoms with E-state index >= 15 is 0 Å². The topological polar surface area (TPSA) is 71.8 Å². The Labute approximate surface area is 140 Å². The van der Waals surface area contributed by atoms with E-state index in [1.165, 1.54) is 24.6 Å². The van der Waals surface area contributed by atoms with E-state index in [1.54, 1.807) is 6.07 Å². The first-order valence-electron chi connectivity index (χ1n) is 7.86. The molecule has 0 spiro atoms. The molecule has 24 heavy (non-hydrogen) atoms. The molecule has 1 N–H and O–H groups in total. The van der Waals surface area contributed by atoms with Gasteiger partial charge < -0.3 is 19.4 Å². The molecule has 0 aliphatic carbocycles. The first kappa shape index (κ1) is 16.1. The maximum Gasteiger partial charge on any atom is 0.325 e. The van der Waals surface area contributed by atoms with E-state index in [1.807, 2.05) is 12.1 Å². The van der Waals surface area contributed by atoms with Gasteiger partial charge in [-0.15, -0.1) is 0 Å². The van der Waals surface area contributed by atoms with Crippen molar-refractivity contribution < 1.29 is 18.7 Å². The molecule has 1 aliphatic rings. The quantitative estimate of drug-likeness (QED) is 0.852. The van der Waals surface area contributed by atoms with Gasteiger partial charge >= 0.3 is 5.97 Å². The first-order chi connectivity index (χ1) is 11.6. The molecule has 2 aromatic rings. The maximum atomic E-state index is 12.2. The van der Waals surface area contributed by atoms with Gasteiger partial charge in [-0.25, -0.2) is 0 Å². The Hall–Kier alpha value is -2.76. The number of para-hydroxylation sites is 1. The summed E-state index contributed by atoms with van der Waals surface area (Å²) in [5.74, 6) is -0.686. The van der Waals surface area contributed by atoms with Crippen LogP contribution in [0.4, 0.5) is 5.69 Å². The maximum absolute atomic E-state index is 12.2. The normalized spacial score (nSPS) is 15.9. The second-order valence-corrected chi connectivity index (χ2v) is 5.84. The van der Waals surface area contributed by atoms with Gasteiger partial charge in [-0.2, -0.15) is 0 Å². The number of benzene rings is 1. The van der Waals surface area contributed by atoms with E-state index in [-0.39, 0.29) is 12.3 Å². The molecule has 1 aromatic carbocycles. The fourth-order valence-corrected chi connectivity index (χ4v) is 3.02. The fraction of sp³-hybridized carbons (Fsp3) is 0.333. The Bertz CT molecular complexity index is 753. The van der Waals surface area contributed by atoms with Crippen molar-refractivity contribution in [1.29, 1.82) is 0 Å². The van der Waals surface area contributed by atoms with Gasteiger partial charge in [0.2, 0.25) is 0 Å². The summed E-state index contributed by atoms with van der Waals surface area (Å²) in [7, 11) is 1.28. The number of ether oxygens (including phenoxy) is 1. The lowest BCUT2D eigenvalue weighted by Crippen LogP contribution is -2.32. The van der Waals surface area contributed by atoms with E-state index in [4.69, 9.17) is 4.42 Å². The SMILES string of the molecule is COC(=O)CNC(=O)c1occc1CN1c2ccccc2CC1C. The summed E-state index contributed by atoms with van der Waals surface area (Å²) in [4.78, 5) is 25.6. The highest BCUT2D eigenvalue weighted by molar-refractivity contribution is 5.94. The number of carbonyl (C=O) groups excluding carboxylic acids is 2. The lowest BCUT2D eigenvalue weighted by molar-refractivity contribution is -0.139. The first-order valence-corrected chi connectivity index (χ1v) is 7.86. The van der Waals surface area contributed by atoms with Crippen LogP contribution in [0.2, 0.25) is 0 Å². The standard InChI is InChI=1S/C18H20N2O4/c1-12-9-13-5-3-4-6-15(13)20(12)11-14-7-8-24-17(14)18(22)19-10-16(21)23-2/h3-8,12H,9-11H2,1-2H3,(H,19,22). The lowest BCUT2D eigenvalue weighted by atomic mass is 10.1. The average molecular weight is 328 g/mol. The van der Waals surface area contributed by atoms with Gasteiger partial charge in [-0.3, -0.25) is 9.59 Å². The Balaban J connectivity index is 1.74. The number of amides is 1. The van der Waals surface area contributed by atoms with Crippen LogP contribution in [0.3, 0.4) is 0 Å². The molecule has 6 nitrogen and oxygen atoms in total. The Kier molecular flexibility index (Phi) is 4.55. The third kappa shape index (κ3) is 3.13. The number of carbonyl (C=O) groups is 2. The molecular formula is C18H20N2O4. The summed E-state index contributed by atoms with van der Waals surface area (Å²) in [6.45, 7) is 2.56. The van der Waals surface area contributed by atoms with Crippen molar-refractivity contribution in [3.63, 3.8) is 0 Å². The molecule has 6 heteroatoms. The number of methoxy groups -OCH3 is 1. The van der Waals surface area contributed by atoms with Crippen LogP contribution in [0.25, 0.3) is 0 Å². The van der Waals surface area contributed by atoms with Crippen molar-refractivity contribution in [2.75, 3.05) is 18.6 Å². The zero-order valence-corrected chi connectivity index (χ0v) is 13.7. The Morgan fingerprint density at radius 1 is 1.33 bits per heavy atom. The number of fused-ring (bicyclic) bond motifs is 1. The van der Waals surface area contributed by atoms with Crippen molar-refractivity contribution in [3.05, 3.63) is 53.5 Å². The number of hydrogen-bond acceptors (Lipinski definition) is 5. The summed E-state index contributed by atoms with van der Waals surface area (Å²) in [5.41, 5.74) is 3.29. The van der Waals surface area contributed by atoms with Crippen LogP contribution in [0.5, 0.6) is 0 Å². The molecule has 0 radical (unpaired) electrons. The molecule has 0 saturated heterocycles. The van der Waals surface area contributed by atoms with Gasteiger partial charge in [0.15, 0.2) is 5.76 Å². The third-order valence-corrected chi connectivity index (χ3v) is 4.26. The Morgan fingerprint density at radius 2 is 2.12 bits per heavy atom. The molecule has 1 unspecified atom stereocenters. The molecular weight excluding hydrogens is 308 g/mol. The molecule has 126 valence electrons. The van der Waals surface area contributed by atoms with Crippen molar-refractivity contribution in [1.82, 2.24) is 5.32 Å². The van der Waals surface area contributed by atoms with E-state index in [0.717, 1.165) is 12.0 Å². The third-order valence-electron chi connectivity index (χ3n) is 4.26. The summed E-state index contributed by atoms with van der Waals surface area (Å²) in [5, 5.41) is 2.51. The van der Waals surface area contributed by atoms with Crippen molar-refractivity contribution >= 4 is 17.6 Å². The summed E-state index contributed by atoms with van der Waals surface area (Å²) in [6.07, 6.45) is 2.48. The molecule has 0 fully saturated rings. The van der Waals surface area contributed by atoms with E-state index in [0.29, 0.717) is 12.6 Å². The second-order valence-electron chi connectivity index (χ2n) is 5.84. The molecule has 1 aromatic heterocycles. The van der Waals surface area contributed by atoms with Crippen LogP contribution in [0.15, 0.2) is 41.0 Å². The van der Waals surface area contributed by atoms with Crippen LogP contribution in [-0.2, 0) is 22.5 Å². The molecule has 3 rings (SSSR count). The lowest BCUT2D eigenvalue weighted by Gasteiger charge is -2.24. The predicted octanol–water partition coefficient (Wildman–Crippen LogP) is 2.13. The largest absolute Gasteiger partial charge is 0.468 e. The average Bonchev–Trinajstić information content (AvgIpc) is 3.17. The molecule has 0 bridgehead atoms. The van der Waals surface area contributed by atoms with E-state index < -0.39 is 11.9 Å². The van der Waals surface area contributed by atoms with Crippen molar-refractivity contribution in [2.24, 2.45) is 0 Å². The molecule has 1 atom stereocenters. The number of nitrogens with zero attached hydrogens (tertiary/aromatic N) is 1. The van der Waals surface area contributed by atoms with Gasteiger partial charge in [0.25, 0.3) is 5.91 Å². The summed E-state index contributed by atoms with van der Waals surface area (Å²) in [6, 6.07) is 10.4. The van der Waals surface area contributed by atoms with Gasteiger partial charge in [-0.1, -0.05) is 18.2 Å². The van der Waals surface area contributed by atoms with Gasteiger partial charge in [0.1, 0.15) is 6.54 Å². The van der Waals surface area contributed by atoms with Gasteiger partial charge in [0.05, 0.1) is 13.4 Å². The van der Waals surface area contributed by atoms with E-state index in [9.17, 15) is 9.59 Å². The number of furan rings is 1. The monoisotopic (exact) mass is 328 g/mol. The highest BCUT2D eigenvalue weighted by Gasteiger charge is 2.27. The van der Waals surface area contributed by atoms with Crippen molar-refractivity contribution in [2.45, 2.75) is 25.9 Å². The molecule has 0 saturated carbocycles. The van der Waals surface area contributed by atoms with E-state index in [2.05, 4.69) is 34.0 Å². The van der Waals surface area contributed by atoms with Crippen molar-refractivity contribution in [3.8, 4) is 0 Å². The predicted molar refractivity (Wildman–Crippen MR) is 88.8 cm³/mol. The summed E-state index contributed by atoms with van der Waals surface area (Å²) < 4.78 is 9.85. The fourth-order valence-electron chi connectivity index (χ4n) is 3.02. The van der Waals surface area contributed by atoms with Crippen LogP contribution in [0.1, 0.15) is 28.6 Å². The zero-order chi connectivity index (χ0) is 17.1. The molecule has 2 heterocycles. The smallest absolute Gasteiger partial charge is 0.325 e. The minimum absolute atomic E-state index is 0.182. The van der Waals surface area contributed by atoms with Crippen LogP contribution < -0.4 is 10.2 Å². The van der Waals surface area contributed by atoms with Gasteiger partial charge in [-0.05, 0) is 31.0 Å². The Morgan fingerprint density at radius 3 is 2.92 bits per heavy atom. The van der Waals surface area contributed by atoms with Gasteiger partial charge in [0, 0.05) is 23.8 Å². The van der Waals surface area contributed by atoms with Crippen LogP contribution in [0, 0.1) is 0 Å². The number of anilines is 1. The zero-order valence-electron chi connectivity index (χ0n) is 13.7. The molecule has 1 amide bonds.